The summed E-state index contributed by atoms with van der Waals surface area (Å²) in [5.74, 6) is -0.334. The van der Waals surface area contributed by atoms with E-state index in [4.69, 9.17) is 17.3 Å². The molecule has 0 radical (unpaired) electrons. The van der Waals surface area contributed by atoms with Gasteiger partial charge in [-0.15, -0.1) is 11.3 Å². The number of anilines is 3. The first-order chi connectivity index (χ1) is 15.7. The van der Waals surface area contributed by atoms with Crippen LogP contribution in [0.5, 0.6) is 0 Å². The Kier molecular flexibility index (Phi) is 6.30. The average molecular weight is 497 g/mol. The molecule has 1 aromatic heterocycles. The fourth-order valence-electron chi connectivity index (χ4n) is 3.58. The number of benzene rings is 3. The van der Waals surface area contributed by atoms with Gasteiger partial charge in [0.15, 0.2) is 0 Å². The lowest BCUT2D eigenvalue weighted by molar-refractivity contribution is 0.104. The zero-order chi connectivity index (χ0) is 23.8. The first-order valence-electron chi connectivity index (χ1n) is 10.0. The third kappa shape index (κ3) is 4.66. The number of nitrogens with two attached hydrogens (primary N) is 1. The third-order valence-electron chi connectivity index (χ3n) is 5.01. The van der Waals surface area contributed by atoms with E-state index in [0.29, 0.717) is 16.3 Å². The summed E-state index contributed by atoms with van der Waals surface area (Å²) in [6.07, 6.45) is 0. The van der Waals surface area contributed by atoms with Crippen molar-refractivity contribution in [3.8, 4) is 0 Å². The maximum Gasteiger partial charge on any atom is 0.211 e. The molecule has 0 saturated heterocycles. The highest BCUT2D eigenvalue weighted by molar-refractivity contribution is 7.92. The van der Waals surface area contributed by atoms with Gasteiger partial charge in [-0.2, -0.15) is 0 Å². The number of nitrogens with one attached hydrogen (secondary N) is 1. The normalized spacial score (nSPS) is 11.4. The van der Waals surface area contributed by atoms with Crippen LogP contribution in [0.1, 0.15) is 26.4 Å². The smallest absolute Gasteiger partial charge is 0.211 e. The topological polar surface area (TPSA) is 89.3 Å². The number of aryl methyl sites for hydroxylation is 2. The molecule has 8 heteroatoms. The molecule has 0 aliphatic heterocycles. The standard InChI is InChI=1S/C25H21ClN2O3S2/c1-15-12-16(2)14-19(13-15)28-25-24(33(30,31)20-10-8-18(26)9-11-20)21(27)23(32-25)22(29)17-6-4-3-5-7-17/h3-14,28H,27H2,1-2H3. The van der Waals surface area contributed by atoms with Crippen LogP contribution in [0, 0.1) is 13.8 Å². The Morgan fingerprint density at radius 1 is 0.939 bits per heavy atom. The lowest BCUT2D eigenvalue weighted by atomic mass is 10.1. The van der Waals surface area contributed by atoms with Crippen molar-refractivity contribution in [1.82, 2.24) is 0 Å². The molecule has 0 saturated carbocycles. The van der Waals surface area contributed by atoms with Gasteiger partial charge < -0.3 is 11.1 Å². The van der Waals surface area contributed by atoms with Gasteiger partial charge in [0.05, 0.1) is 10.6 Å². The molecule has 3 aromatic carbocycles. The van der Waals surface area contributed by atoms with E-state index in [1.54, 1.807) is 30.3 Å². The van der Waals surface area contributed by atoms with Crippen LogP contribution in [0.4, 0.5) is 16.4 Å². The fourth-order valence-corrected chi connectivity index (χ4v) is 6.64. The van der Waals surface area contributed by atoms with Crippen molar-refractivity contribution >= 4 is 54.9 Å². The second-order valence-electron chi connectivity index (χ2n) is 7.66. The molecule has 1 heterocycles. The van der Waals surface area contributed by atoms with Crippen LogP contribution in [-0.2, 0) is 9.84 Å². The maximum absolute atomic E-state index is 13.6. The first kappa shape index (κ1) is 23.0. The summed E-state index contributed by atoms with van der Waals surface area (Å²) in [5, 5.41) is 3.89. The molecule has 0 aliphatic rings. The molecule has 5 nitrogen and oxygen atoms in total. The van der Waals surface area contributed by atoms with E-state index in [9.17, 15) is 13.2 Å². The van der Waals surface area contributed by atoms with Crippen molar-refractivity contribution in [3.63, 3.8) is 0 Å². The number of ketones is 1. The molecule has 0 atom stereocenters. The molecule has 3 N–H and O–H groups in total. The number of sulfone groups is 1. The van der Waals surface area contributed by atoms with Crippen LogP contribution >= 0.6 is 22.9 Å². The SMILES string of the molecule is Cc1cc(C)cc(Nc2sc(C(=O)c3ccccc3)c(N)c2S(=O)(=O)c2ccc(Cl)cc2)c1. The molecule has 168 valence electrons. The molecule has 4 aromatic rings. The molecule has 0 amide bonds. The lowest BCUT2D eigenvalue weighted by Crippen LogP contribution is -2.08. The number of thiophene rings is 1. The Bertz CT molecular complexity index is 1430. The number of rotatable bonds is 6. The molecule has 33 heavy (non-hydrogen) atoms. The molecular formula is C25H21ClN2O3S2. The predicted molar refractivity (Wildman–Crippen MR) is 135 cm³/mol. The lowest BCUT2D eigenvalue weighted by Gasteiger charge is -2.11. The van der Waals surface area contributed by atoms with E-state index in [1.165, 1.54) is 24.3 Å². The minimum Gasteiger partial charge on any atom is -0.396 e. The number of hydrogen-bond acceptors (Lipinski definition) is 6. The summed E-state index contributed by atoms with van der Waals surface area (Å²) >= 11 is 6.98. The van der Waals surface area contributed by atoms with Crippen molar-refractivity contribution in [2.45, 2.75) is 23.6 Å². The number of nitrogen functional groups attached to an aromatic ring is 1. The van der Waals surface area contributed by atoms with Gasteiger partial charge in [0, 0.05) is 16.3 Å². The van der Waals surface area contributed by atoms with Gasteiger partial charge in [-0.1, -0.05) is 48.0 Å². The maximum atomic E-state index is 13.6. The second-order valence-corrected chi connectivity index (χ2v) is 11.0. The summed E-state index contributed by atoms with van der Waals surface area (Å²) in [5.41, 5.74) is 9.45. The summed E-state index contributed by atoms with van der Waals surface area (Å²) in [6.45, 7) is 3.91. The van der Waals surface area contributed by atoms with Gasteiger partial charge in [0.25, 0.3) is 0 Å². The van der Waals surface area contributed by atoms with Crippen molar-refractivity contribution in [3.05, 3.63) is 99.4 Å². The number of halogens is 1. The second kappa shape index (κ2) is 9.02. The Morgan fingerprint density at radius 3 is 2.15 bits per heavy atom. The molecule has 0 aliphatic carbocycles. The highest BCUT2D eigenvalue weighted by Gasteiger charge is 2.31. The molecule has 0 unspecified atom stereocenters. The van der Waals surface area contributed by atoms with Crippen LogP contribution < -0.4 is 11.1 Å². The van der Waals surface area contributed by atoms with Gasteiger partial charge in [-0.3, -0.25) is 4.79 Å². The van der Waals surface area contributed by atoms with E-state index >= 15 is 0 Å². The van der Waals surface area contributed by atoms with Crippen LogP contribution in [0.2, 0.25) is 5.02 Å². The minimum atomic E-state index is -4.04. The monoisotopic (exact) mass is 496 g/mol. The Balaban J connectivity index is 1.90. The van der Waals surface area contributed by atoms with E-state index in [-0.39, 0.29) is 31.1 Å². The summed E-state index contributed by atoms with van der Waals surface area (Å²) in [7, 11) is -4.04. The van der Waals surface area contributed by atoms with E-state index in [1.807, 2.05) is 32.0 Å². The molecular weight excluding hydrogens is 476 g/mol. The zero-order valence-electron chi connectivity index (χ0n) is 17.9. The molecule has 0 spiro atoms. The van der Waals surface area contributed by atoms with Crippen molar-refractivity contribution < 1.29 is 13.2 Å². The van der Waals surface area contributed by atoms with Crippen LogP contribution in [-0.4, -0.2) is 14.2 Å². The van der Waals surface area contributed by atoms with Crippen LogP contribution in [0.3, 0.4) is 0 Å². The molecule has 0 fully saturated rings. The summed E-state index contributed by atoms with van der Waals surface area (Å²) < 4.78 is 27.2. The first-order valence-corrected chi connectivity index (χ1v) is 12.7. The van der Waals surface area contributed by atoms with E-state index in [0.717, 1.165) is 22.5 Å². The average Bonchev–Trinajstić information content (AvgIpc) is 3.09. The Hall–Kier alpha value is -3.13. The number of carbonyl (C=O) groups excluding carboxylic acids is 1. The van der Waals surface area contributed by atoms with Gasteiger partial charge in [0.2, 0.25) is 15.6 Å². The van der Waals surface area contributed by atoms with Gasteiger partial charge in [-0.25, -0.2) is 8.42 Å². The van der Waals surface area contributed by atoms with Crippen molar-refractivity contribution in [1.29, 1.82) is 0 Å². The highest BCUT2D eigenvalue weighted by Crippen LogP contribution is 2.44. The summed E-state index contributed by atoms with van der Waals surface area (Å²) in [6, 6.07) is 20.3. The third-order valence-corrected chi connectivity index (χ3v) is 8.37. The fraction of sp³-hybridized carbons (Fsp3) is 0.0800. The Morgan fingerprint density at radius 2 is 1.55 bits per heavy atom. The number of carbonyl (C=O) groups is 1. The molecule has 0 bridgehead atoms. The van der Waals surface area contributed by atoms with E-state index in [2.05, 4.69) is 5.32 Å². The zero-order valence-corrected chi connectivity index (χ0v) is 20.3. The predicted octanol–water partition coefficient (Wildman–Crippen LogP) is 6.41. The van der Waals surface area contributed by atoms with Gasteiger partial charge in [0.1, 0.15) is 14.8 Å². The highest BCUT2D eigenvalue weighted by atomic mass is 35.5. The van der Waals surface area contributed by atoms with Crippen molar-refractivity contribution in [2.24, 2.45) is 0 Å². The van der Waals surface area contributed by atoms with Crippen molar-refractivity contribution in [2.75, 3.05) is 11.1 Å². The summed E-state index contributed by atoms with van der Waals surface area (Å²) in [4.78, 5) is 13.3. The number of hydrogen-bond donors (Lipinski definition) is 2. The van der Waals surface area contributed by atoms with Crippen LogP contribution in [0.15, 0.2) is 82.6 Å². The largest absolute Gasteiger partial charge is 0.396 e. The molecule has 4 rings (SSSR count). The van der Waals surface area contributed by atoms with Crippen LogP contribution in [0.25, 0.3) is 0 Å². The van der Waals surface area contributed by atoms with Gasteiger partial charge >= 0.3 is 0 Å². The Labute approximate surface area is 201 Å². The quantitative estimate of drug-likeness (QED) is 0.301. The van der Waals surface area contributed by atoms with E-state index < -0.39 is 9.84 Å². The minimum absolute atomic E-state index is 0.0404. The van der Waals surface area contributed by atoms with Gasteiger partial charge in [-0.05, 0) is 61.4 Å².